The fourth-order valence-electron chi connectivity index (χ4n) is 2.29. The lowest BCUT2D eigenvalue weighted by Gasteiger charge is -2.37. The van der Waals surface area contributed by atoms with E-state index in [0.717, 1.165) is 12.2 Å². The SMILES string of the molecule is CCOC(=O)[C@H]1O[C@H]2CCCC[C@@H]2CS1. The van der Waals surface area contributed by atoms with Crippen LogP contribution in [-0.4, -0.2) is 29.9 Å². The molecule has 0 aromatic rings. The standard InChI is InChI=1S/C11H18O3S/c1-2-13-10(12)11-14-9-6-4-3-5-8(9)7-15-11/h8-9,11H,2-7H2,1H3/t8-,9+,11+/m1/s1. The van der Waals surface area contributed by atoms with Crippen molar-refractivity contribution in [3.05, 3.63) is 0 Å². The van der Waals surface area contributed by atoms with Gasteiger partial charge in [0.1, 0.15) is 0 Å². The van der Waals surface area contributed by atoms with E-state index in [0.29, 0.717) is 18.6 Å². The molecule has 0 aromatic heterocycles. The Labute approximate surface area is 94.9 Å². The smallest absolute Gasteiger partial charge is 0.345 e. The molecule has 3 atom stereocenters. The maximum absolute atomic E-state index is 11.5. The molecule has 3 nitrogen and oxygen atoms in total. The lowest BCUT2D eigenvalue weighted by atomic mass is 9.87. The Bertz CT molecular complexity index is 232. The molecule has 1 saturated heterocycles. The summed E-state index contributed by atoms with van der Waals surface area (Å²) < 4.78 is 10.8. The van der Waals surface area contributed by atoms with E-state index in [1.54, 1.807) is 11.8 Å². The Morgan fingerprint density at radius 1 is 1.47 bits per heavy atom. The quantitative estimate of drug-likeness (QED) is 0.681. The number of esters is 1. The van der Waals surface area contributed by atoms with E-state index in [9.17, 15) is 4.79 Å². The molecule has 2 rings (SSSR count). The van der Waals surface area contributed by atoms with Crippen LogP contribution in [0.2, 0.25) is 0 Å². The molecular formula is C11H18O3S. The monoisotopic (exact) mass is 230 g/mol. The minimum Gasteiger partial charge on any atom is -0.463 e. The van der Waals surface area contributed by atoms with E-state index >= 15 is 0 Å². The van der Waals surface area contributed by atoms with Crippen LogP contribution < -0.4 is 0 Å². The Morgan fingerprint density at radius 2 is 2.27 bits per heavy atom. The van der Waals surface area contributed by atoms with Gasteiger partial charge in [-0.1, -0.05) is 12.8 Å². The van der Waals surface area contributed by atoms with Gasteiger partial charge in [-0.15, -0.1) is 11.8 Å². The molecule has 0 spiro atoms. The van der Waals surface area contributed by atoms with Gasteiger partial charge >= 0.3 is 5.97 Å². The Balaban J connectivity index is 1.87. The van der Waals surface area contributed by atoms with Gasteiger partial charge in [-0.2, -0.15) is 0 Å². The Hall–Kier alpha value is -0.220. The molecular weight excluding hydrogens is 212 g/mol. The van der Waals surface area contributed by atoms with Crippen molar-refractivity contribution in [3.8, 4) is 0 Å². The first kappa shape index (κ1) is 11.3. The summed E-state index contributed by atoms with van der Waals surface area (Å²) in [5.74, 6) is 1.51. The predicted octanol–water partition coefficient (Wildman–Crippen LogP) is 2.20. The van der Waals surface area contributed by atoms with E-state index in [1.165, 1.54) is 19.3 Å². The minimum atomic E-state index is -0.371. The van der Waals surface area contributed by atoms with Crippen LogP contribution in [0.15, 0.2) is 0 Å². The van der Waals surface area contributed by atoms with Crippen molar-refractivity contribution < 1.29 is 14.3 Å². The zero-order valence-corrected chi connectivity index (χ0v) is 9.92. The zero-order chi connectivity index (χ0) is 10.7. The summed E-state index contributed by atoms with van der Waals surface area (Å²) >= 11 is 1.60. The maximum atomic E-state index is 11.5. The van der Waals surface area contributed by atoms with E-state index in [1.807, 2.05) is 6.92 Å². The number of carbonyl (C=O) groups is 1. The highest BCUT2D eigenvalue weighted by Gasteiger charge is 2.36. The molecule has 0 N–H and O–H groups in total. The first-order valence-corrected chi connectivity index (χ1v) is 6.80. The van der Waals surface area contributed by atoms with Crippen molar-refractivity contribution in [2.45, 2.75) is 44.1 Å². The van der Waals surface area contributed by atoms with Crippen LogP contribution in [0.4, 0.5) is 0 Å². The van der Waals surface area contributed by atoms with E-state index in [-0.39, 0.29) is 11.4 Å². The third-order valence-corrected chi connectivity index (χ3v) is 4.31. The van der Waals surface area contributed by atoms with Gasteiger partial charge in [0.05, 0.1) is 12.7 Å². The Kier molecular flexibility index (Phi) is 3.92. The summed E-state index contributed by atoms with van der Waals surface area (Å²) in [6.07, 6.45) is 5.22. The second-order valence-electron chi connectivity index (χ2n) is 4.14. The number of rotatable bonds is 2. The first-order valence-electron chi connectivity index (χ1n) is 5.75. The van der Waals surface area contributed by atoms with Gasteiger partial charge in [-0.3, -0.25) is 0 Å². The van der Waals surface area contributed by atoms with E-state index in [4.69, 9.17) is 9.47 Å². The van der Waals surface area contributed by atoms with Gasteiger partial charge in [0.2, 0.25) is 5.44 Å². The van der Waals surface area contributed by atoms with Gasteiger partial charge in [0.15, 0.2) is 0 Å². The van der Waals surface area contributed by atoms with Gasteiger partial charge < -0.3 is 9.47 Å². The lowest BCUT2D eigenvalue weighted by molar-refractivity contribution is -0.156. The summed E-state index contributed by atoms with van der Waals surface area (Å²) in [6, 6.07) is 0. The van der Waals surface area contributed by atoms with Crippen molar-refractivity contribution in [2.75, 3.05) is 12.4 Å². The van der Waals surface area contributed by atoms with Gasteiger partial charge in [0, 0.05) is 5.75 Å². The van der Waals surface area contributed by atoms with Crippen molar-refractivity contribution in [3.63, 3.8) is 0 Å². The number of thioether (sulfide) groups is 1. The van der Waals surface area contributed by atoms with Crippen LogP contribution in [0, 0.1) is 5.92 Å². The number of hydrogen-bond acceptors (Lipinski definition) is 4. The molecule has 15 heavy (non-hydrogen) atoms. The van der Waals surface area contributed by atoms with Crippen LogP contribution in [0.5, 0.6) is 0 Å². The normalized spacial score (nSPS) is 35.7. The first-order chi connectivity index (χ1) is 7.31. The second-order valence-corrected chi connectivity index (χ2v) is 5.23. The zero-order valence-electron chi connectivity index (χ0n) is 9.11. The molecule has 1 aliphatic heterocycles. The van der Waals surface area contributed by atoms with Crippen LogP contribution in [0.25, 0.3) is 0 Å². The molecule has 0 aromatic carbocycles. The van der Waals surface area contributed by atoms with Crippen molar-refractivity contribution in [1.82, 2.24) is 0 Å². The van der Waals surface area contributed by atoms with Crippen LogP contribution in [-0.2, 0) is 14.3 Å². The van der Waals surface area contributed by atoms with E-state index < -0.39 is 0 Å². The number of fused-ring (bicyclic) bond motifs is 1. The fraction of sp³-hybridized carbons (Fsp3) is 0.909. The van der Waals surface area contributed by atoms with Crippen molar-refractivity contribution in [2.24, 2.45) is 5.92 Å². The predicted molar refractivity (Wildman–Crippen MR) is 59.7 cm³/mol. The van der Waals surface area contributed by atoms with E-state index in [2.05, 4.69) is 0 Å². The molecule has 0 bridgehead atoms. The third kappa shape index (κ3) is 2.67. The largest absolute Gasteiger partial charge is 0.463 e. The summed E-state index contributed by atoms with van der Waals surface area (Å²) in [4.78, 5) is 11.5. The van der Waals surface area contributed by atoms with Crippen LogP contribution >= 0.6 is 11.8 Å². The molecule has 0 radical (unpaired) electrons. The average molecular weight is 230 g/mol. The summed E-state index contributed by atoms with van der Waals surface area (Å²) in [7, 11) is 0. The Morgan fingerprint density at radius 3 is 3.07 bits per heavy atom. The lowest BCUT2D eigenvalue weighted by Crippen LogP contribution is -2.40. The summed E-state index contributed by atoms with van der Waals surface area (Å²) in [5.41, 5.74) is -0.371. The molecule has 4 heteroatoms. The molecule has 86 valence electrons. The maximum Gasteiger partial charge on any atom is 0.345 e. The highest BCUT2D eigenvalue weighted by molar-refractivity contribution is 8.00. The third-order valence-electron chi connectivity index (χ3n) is 3.08. The molecule has 0 amide bonds. The minimum absolute atomic E-state index is 0.202. The highest BCUT2D eigenvalue weighted by Crippen LogP contribution is 2.37. The average Bonchev–Trinajstić information content (AvgIpc) is 2.29. The van der Waals surface area contributed by atoms with Crippen molar-refractivity contribution in [1.29, 1.82) is 0 Å². The molecule has 2 aliphatic rings. The molecule has 1 heterocycles. The van der Waals surface area contributed by atoms with Gasteiger partial charge in [-0.25, -0.2) is 4.79 Å². The second kappa shape index (κ2) is 5.21. The number of ether oxygens (including phenoxy) is 2. The summed E-state index contributed by atoms with van der Waals surface area (Å²) in [5, 5.41) is 0. The van der Waals surface area contributed by atoms with Gasteiger partial charge in [-0.05, 0) is 25.7 Å². The topological polar surface area (TPSA) is 35.5 Å². The number of carbonyl (C=O) groups excluding carboxylic acids is 1. The molecule has 1 aliphatic carbocycles. The summed E-state index contributed by atoms with van der Waals surface area (Å²) in [6.45, 7) is 2.27. The highest BCUT2D eigenvalue weighted by atomic mass is 32.2. The number of hydrogen-bond donors (Lipinski definition) is 0. The van der Waals surface area contributed by atoms with Gasteiger partial charge in [0.25, 0.3) is 0 Å². The van der Waals surface area contributed by atoms with Crippen molar-refractivity contribution >= 4 is 17.7 Å². The molecule has 0 unspecified atom stereocenters. The fourth-order valence-corrected chi connectivity index (χ4v) is 3.52. The van der Waals surface area contributed by atoms with Crippen LogP contribution in [0.3, 0.4) is 0 Å². The molecule has 1 saturated carbocycles. The molecule has 2 fully saturated rings. The van der Waals surface area contributed by atoms with Crippen LogP contribution in [0.1, 0.15) is 32.6 Å².